The zero-order valence-electron chi connectivity index (χ0n) is 11.8. The van der Waals surface area contributed by atoms with Crippen molar-refractivity contribution in [2.45, 2.75) is 32.2 Å². The first kappa shape index (κ1) is 14.7. The van der Waals surface area contributed by atoms with Crippen LogP contribution < -0.4 is 5.32 Å². The fourth-order valence-electron chi connectivity index (χ4n) is 2.47. The molecule has 1 aromatic carbocycles. The molecule has 0 bridgehead atoms. The Morgan fingerprint density at radius 1 is 1.30 bits per heavy atom. The van der Waals surface area contributed by atoms with E-state index in [-0.39, 0.29) is 17.4 Å². The van der Waals surface area contributed by atoms with Crippen LogP contribution in [-0.2, 0) is 0 Å². The number of phenols is 2. The van der Waals surface area contributed by atoms with Gasteiger partial charge in [-0.3, -0.25) is 4.79 Å². The Balaban J connectivity index is 1.92. The van der Waals surface area contributed by atoms with E-state index in [1.165, 1.54) is 12.1 Å². The van der Waals surface area contributed by atoms with Gasteiger partial charge in [-0.25, -0.2) is 0 Å². The van der Waals surface area contributed by atoms with Gasteiger partial charge >= 0.3 is 0 Å². The molecule has 20 heavy (non-hydrogen) atoms. The monoisotopic (exact) mass is 278 g/mol. The van der Waals surface area contributed by atoms with Gasteiger partial charge in [-0.05, 0) is 44.0 Å². The fraction of sp³-hybridized carbons (Fsp3) is 0.533. The van der Waals surface area contributed by atoms with E-state index < -0.39 is 0 Å². The van der Waals surface area contributed by atoms with E-state index in [2.05, 4.69) is 12.2 Å². The summed E-state index contributed by atoms with van der Waals surface area (Å²) < 4.78 is 0. The summed E-state index contributed by atoms with van der Waals surface area (Å²) in [7, 11) is 0. The third-order valence-electron chi connectivity index (χ3n) is 3.69. The summed E-state index contributed by atoms with van der Waals surface area (Å²) in [5, 5.41) is 22.2. The minimum absolute atomic E-state index is 0.0887. The average molecular weight is 278 g/mol. The SMILES string of the molecule is CCCNC1CCN(C(=O)c2ccc(O)c(O)c2)CC1. The van der Waals surface area contributed by atoms with Gasteiger partial charge in [0, 0.05) is 24.7 Å². The van der Waals surface area contributed by atoms with Crippen LogP contribution in [0.4, 0.5) is 0 Å². The third kappa shape index (κ3) is 3.42. The lowest BCUT2D eigenvalue weighted by Crippen LogP contribution is -2.45. The van der Waals surface area contributed by atoms with E-state index in [1.54, 1.807) is 11.0 Å². The zero-order valence-corrected chi connectivity index (χ0v) is 11.8. The van der Waals surface area contributed by atoms with E-state index in [0.717, 1.165) is 38.9 Å². The predicted octanol–water partition coefficient (Wildman–Crippen LogP) is 1.70. The van der Waals surface area contributed by atoms with Crippen LogP contribution in [0.1, 0.15) is 36.5 Å². The molecule has 5 nitrogen and oxygen atoms in total. The highest BCUT2D eigenvalue weighted by atomic mass is 16.3. The smallest absolute Gasteiger partial charge is 0.253 e. The molecule has 0 aromatic heterocycles. The van der Waals surface area contributed by atoms with Gasteiger partial charge in [0.1, 0.15) is 0 Å². The molecule has 1 amide bonds. The number of benzene rings is 1. The van der Waals surface area contributed by atoms with E-state index in [4.69, 9.17) is 0 Å². The molecular weight excluding hydrogens is 256 g/mol. The summed E-state index contributed by atoms with van der Waals surface area (Å²) in [5.41, 5.74) is 0.417. The first-order valence-corrected chi connectivity index (χ1v) is 7.16. The van der Waals surface area contributed by atoms with Crippen molar-refractivity contribution >= 4 is 5.91 Å². The van der Waals surface area contributed by atoms with Gasteiger partial charge in [0.05, 0.1) is 0 Å². The molecule has 1 aromatic rings. The van der Waals surface area contributed by atoms with Gasteiger partial charge < -0.3 is 20.4 Å². The summed E-state index contributed by atoms with van der Waals surface area (Å²) in [6.07, 6.45) is 3.03. The highest BCUT2D eigenvalue weighted by Crippen LogP contribution is 2.26. The van der Waals surface area contributed by atoms with Crippen LogP contribution in [0.3, 0.4) is 0 Å². The first-order valence-electron chi connectivity index (χ1n) is 7.16. The van der Waals surface area contributed by atoms with E-state index in [1.807, 2.05) is 0 Å². The molecular formula is C15H22N2O3. The Labute approximate surface area is 119 Å². The molecule has 2 rings (SSSR count). The Bertz CT molecular complexity index is 468. The number of carbonyl (C=O) groups excluding carboxylic acids is 1. The van der Waals surface area contributed by atoms with Crippen LogP contribution >= 0.6 is 0 Å². The minimum atomic E-state index is -0.254. The number of aromatic hydroxyl groups is 2. The van der Waals surface area contributed by atoms with Gasteiger partial charge in [0.25, 0.3) is 5.91 Å². The largest absolute Gasteiger partial charge is 0.504 e. The number of nitrogens with zero attached hydrogens (tertiary/aromatic N) is 1. The second-order valence-corrected chi connectivity index (χ2v) is 5.22. The molecule has 0 radical (unpaired) electrons. The summed E-state index contributed by atoms with van der Waals surface area (Å²) in [5.74, 6) is -0.548. The maximum absolute atomic E-state index is 12.3. The second kappa shape index (κ2) is 6.61. The molecule has 0 spiro atoms. The van der Waals surface area contributed by atoms with Crippen molar-refractivity contribution in [2.75, 3.05) is 19.6 Å². The number of nitrogens with one attached hydrogen (secondary N) is 1. The molecule has 1 saturated heterocycles. The molecule has 110 valence electrons. The molecule has 1 aliphatic heterocycles. The molecule has 1 heterocycles. The van der Waals surface area contributed by atoms with Crippen molar-refractivity contribution in [3.05, 3.63) is 23.8 Å². The van der Waals surface area contributed by atoms with Crippen LogP contribution in [0.5, 0.6) is 11.5 Å². The molecule has 1 fully saturated rings. The fourth-order valence-corrected chi connectivity index (χ4v) is 2.47. The third-order valence-corrected chi connectivity index (χ3v) is 3.69. The van der Waals surface area contributed by atoms with E-state index >= 15 is 0 Å². The molecule has 0 saturated carbocycles. The van der Waals surface area contributed by atoms with Gasteiger partial charge in [-0.1, -0.05) is 6.92 Å². The lowest BCUT2D eigenvalue weighted by atomic mass is 10.0. The normalized spacial score (nSPS) is 16.4. The Morgan fingerprint density at radius 3 is 2.60 bits per heavy atom. The maximum Gasteiger partial charge on any atom is 0.253 e. The predicted molar refractivity (Wildman–Crippen MR) is 77.0 cm³/mol. The van der Waals surface area contributed by atoms with Gasteiger partial charge in [0.2, 0.25) is 0 Å². The van der Waals surface area contributed by atoms with Gasteiger partial charge in [0.15, 0.2) is 11.5 Å². The first-order chi connectivity index (χ1) is 9.61. The Hall–Kier alpha value is -1.75. The zero-order chi connectivity index (χ0) is 14.5. The van der Waals surface area contributed by atoms with Crippen molar-refractivity contribution in [3.63, 3.8) is 0 Å². The molecule has 3 N–H and O–H groups in total. The summed E-state index contributed by atoms with van der Waals surface area (Å²) in [6, 6.07) is 4.70. The Morgan fingerprint density at radius 2 is 2.00 bits per heavy atom. The number of phenolic OH excluding ortho intramolecular Hbond substituents is 2. The number of amides is 1. The molecule has 5 heteroatoms. The van der Waals surface area contributed by atoms with Crippen molar-refractivity contribution < 1.29 is 15.0 Å². The standard InChI is InChI=1S/C15H22N2O3/c1-2-7-16-12-5-8-17(9-6-12)15(20)11-3-4-13(18)14(19)10-11/h3-4,10,12,16,18-19H,2,5-9H2,1H3. The van der Waals surface area contributed by atoms with Crippen LogP contribution in [-0.4, -0.2) is 46.7 Å². The van der Waals surface area contributed by atoms with E-state index in [9.17, 15) is 15.0 Å². The lowest BCUT2D eigenvalue weighted by molar-refractivity contribution is 0.0705. The van der Waals surface area contributed by atoms with Gasteiger partial charge in [-0.15, -0.1) is 0 Å². The minimum Gasteiger partial charge on any atom is -0.504 e. The van der Waals surface area contributed by atoms with Crippen molar-refractivity contribution in [1.29, 1.82) is 0 Å². The summed E-state index contributed by atoms with van der Waals surface area (Å²) >= 11 is 0. The topological polar surface area (TPSA) is 72.8 Å². The highest BCUT2D eigenvalue weighted by molar-refractivity contribution is 5.95. The number of likely N-dealkylation sites (tertiary alicyclic amines) is 1. The number of rotatable bonds is 4. The van der Waals surface area contributed by atoms with Crippen LogP contribution in [0.15, 0.2) is 18.2 Å². The number of piperidine rings is 1. The number of hydrogen-bond donors (Lipinski definition) is 3. The quantitative estimate of drug-likeness (QED) is 0.733. The second-order valence-electron chi connectivity index (χ2n) is 5.22. The summed E-state index contributed by atoms with van der Waals surface area (Å²) in [4.78, 5) is 14.1. The Kier molecular flexibility index (Phi) is 4.84. The van der Waals surface area contributed by atoms with Crippen molar-refractivity contribution in [1.82, 2.24) is 10.2 Å². The van der Waals surface area contributed by atoms with Crippen LogP contribution in [0.2, 0.25) is 0 Å². The lowest BCUT2D eigenvalue weighted by Gasteiger charge is -2.32. The average Bonchev–Trinajstić information content (AvgIpc) is 2.48. The summed E-state index contributed by atoms with van der Waals surface area (Å²) in [6.45, 7) is 4.61. The van der Waals surface area contributed by atoms with Crippen molar-refractivity contribution in [3.8, 4) is 11.5 Å². The van der Waals surface area contributed by atoms with Gasteiger partial charge in [-0.2, -0.15) is 0 Å². The van der Waals surface area contributed by atoms with Crippen LogP contribution in [0.25, 0.3) is 0 Å². The molecule has 0 atom stereocenters. The van der Waals surface area contributed by atoms with E-state index in [0.29, 0.717) is 11.6 Å². The highest BCUT2D eigenvalue weighted by Gasteiger charge is 2.23. The number of carbonyl (C=O) groups is 1. The molecule has 0 unspecified atom stereocenters. The molecule has 0 aliphatic carbocycles. The maximum atomic E-state index is 12.3. The van der Waals surface area contributed by atoms with Crippen molar-refractivity contribution in [2.24, 2.45) is 0 Å². The molecule has 1 aliphatic rings. The van der Waals surface area contributed by atoms with Crippen LogP contribution in [0, 0.1) is 0 Å². The number of hydrogen-bond acceptors (Lipinski definition) is 4.